The SMILES string of the molecule is CC(C)(C)OC(=O)N1CCC[C@H]1c1ncc(C2(c3cnc([C@]4(C)CCCN4)[nH]3)C=CC(c3ccccc3)=CC2)[nH]1.CC(C)(C)OC=O. The Labute approximate surface area is 278 Å². The third-order valence-electron chi connectivity index (χ3n) is 8.92. The van der Waals surface area contributed by atoms with E-state index < -0.39 is 11.0 Å². The summed E-state index contributed by atoms with van der Waals surface area (Å²) in [5.41, 5.74) is 2.92. The van der Waals surface area contributed by atoms with E-state index in [4.69, 9.17) is 14.7 Å². The second-order valence-electron chi connectivity index (χ2n) is 14.9. The highest BCUT2D eigenvalue weighted by Crippen LogP contribution is 2.43. The predicted molar refractivity (Wildman–Crippen MR) is 183 cm³/mol. The molecule has 10 heteroatoms. The number of aromatic nitrogens is 4. The summed E-state index contributed by atoms with van der Waals surface area (Å²) in [6.45, 7) is 15.5. The fourth-order valence-electron chi connectivity index (χ4n) is 6.42. The van der Waals surface area contributed by atoms with Gasteiger partial charge in [0.15, 0.2) is 0 Å². The van der Waals surface area contributed by atoms with E-state index in [0.29, 0.717) is 13.0 Å². The molecule has 3 atom stereocenters. The summed E-state index contributed by atoms with van der Waals surface area (Å²) in [5.74, 6) is 1.77. The Morgan fingerprint density at radius 3 is 2.32 bits per heavy atom. The third-order valence-corrected chi connectivity index (χ3v) is 8.92. The van der Waals surface area contributed by atoms with E-state index in [1.54, 1.807) is 0 Å². The van der Waals surface area contributed by atoms with Crippen LogP contribution in [0.2, 0.25) is 0 Å². The lowest BCUT2D eigenvalue weighted by Gasteiger charge is -2.31. The molecule has 1 amide bonds. The lowest BCUT2D eigenvalue weighted by atomic mass is 9.74. The van der Waals surface area contributed by atoms with E-state index in [-0.39, 0.29) is 23.3 Å². The van der Waals surface area contributed by atoms with E-state index >= 15 is 0 Å². The van der Waals surface area contributed by atoms with Gasteiger partial charge in [-0.2, -0.15) is 0 Å². The summed E-state index contributed by atoms with van der Waals surface area (Å²) in [5, 5.41) is 3.63. The van der Waals surface area contributed by atoms with Gasteiger partial charge in [0.05, 0.1) is 28.4 Å². The minimum atomic E-state index is -0.540. The van der Waals surface area contributed by atoms with E-state index in [0.717, 1.165) is 61.7 Å². The first-order valence-corrected chi connectivity index (χ1v) is 16.7. The van der Waals surface area contributed by atoms with Crippen LogP contribution in [-0.2, 0) is 25.2 Å². The quantitative estimate of drug-likeness (QED) is 0.245. The fourth-order valence-corrected chi connectivity index (χ4v) is 6.42. The molecule has 1 unspecified atom stereocenters. The molecule has 3 aromatic rings. The van der Waals surface area contributed by atoms with Crippen LogP contribution in [0.15, 0.2) is 61.0 Å². The van der Waals surface area contributed by atoms with Crippen molar-refractivity contribution in [3.8, 4) is 0 Å². The molecule has 4 heterocycles. The van der Waals surface area contributed by atoms with E-state index in [1.807, 2.05) is 64.9 Å². The molecule has 0 radical (unpaired) electrons. The highest BCUT2D eigenvalue weighted by Gasteiger charge is 2.41. The molecule has 2 aromatic heterocycles. The standard InChI is InChI=1S/C32H40N6O2.C5H10O2/c1-30(2,3)40-29(39)38-19-8-12-24(38)27-33-20-25(36-27)32(16-13-23(14-17-32)22-10-6-5-7-11-22)26-21-34-28(37-26)31(4)15-9-18-35-31;1-5(2,3)7-4-6/h5-7,10-11,13-14,16,20-21,24,35H,8-9,12,15,17-19H2,1-4H3,(H,33,36)(H,34,37);4H,1-3H3/t24-,31-,32?;/m0./s1. The highest BCUT2D eigenvalue weighted by molar-refractivity contribution is 5.76. The van der Waals surface area contributed by atoms with Gasteiger partial charge in [0.25, 0.3) is 6.47 Å². The topological polar surface area (TPSA) is 125 Å². The molecule has 0 bridgehead atoms. The molecule has 3 N–H and O–H groups in total. The molecule has 2 aliphatic heterocycles. The monoisotopic (exact) mass is 642 g/mol. The number of nitrogens with zero attached hydrogens (tertiary/aromatic N) is 3. The van der Waals surface area contributed by atoms with Crippen molar-refractivity contribution in [2.45, 2.75) is 109 Å². The molecule has 0 spiro atoms. The van der Waals surface area contributed by atoms with Crippen molar-refractivity contribution < 1.29 is 19.1 Å². The Morgan fingerprint density at radius 2 is 1.72 bits per heavy atom. The number of benzene rings is 1. The molecular weight excluding hydrogens is 592 g/mol. The maximum Gasteiger partial charge on any atom is 0.410 e. The maximum absolute atomic E-state index is 13.0. The van der Waals surface area contributed by atoms with Crippen molar-refractivity contribution in [1.82, 2.24) is 30.2 Å². The number of amides is 1. The van der Waals surface area contributed by atoms with Crippen LogP contribution in [0.3, 0.4) is 0 Å². The molecule has 47 heavy (non-hydrogen) atoms. The molecular formula is C37H50N6O4. The molecule has 6 rings (SSSR count). The van der Waals surface area contributed by atoms with Crippen LogP contribution < -0.4 is 5.32 Å². The largest absolute Gasteiger partial charge is 0.462 e. The number of likely N-dealkylation sites (tertiary alicyclic amines) is 1. The lowest BCUT2D eigenvalue weighted by Crippen LogP contribution is -2.36. The average Bonchev–Trinajstić information content (AvgIpc) is 3.83. The number of imidazole rings is 2. The van der Waals surface area contributed by atoms with Gasteiger partial charge in [-0.05, 0) is 98.3 Å². The smallest absolute Gasteiger partial charge is 0.410 e. The van der Waals surface area contributed by atoms with Crippen LogP contribution in [-0.4, -0.2) is 61.7 Å². The van der Waals surface area contributed by atoms with Gasteiger partial charge in [-0.25, -0.2) is 14.8 Å². The molecule has 10 nitrogen and oxygen atoms in total. The predicted octanol–water partition coefficient (Wildman–Crippen LogP) is 7.09. The zero-order chi connectivity index (χ0) is 33.9. The van der Waals surface area contributed by atoms with Crippen LogP contribution in [0, 0.1) is 0 Å². The Balaban J connectivity index is 0.000000559. The third kappa shape index (κ3) is 7.87. The minimum absolute atomic E-state index is 0.137. The van der Waals surface area contributed by atoms with Crippen LogP contribution in [0.4, 0.5) is 4.79 Å². The maximum atomic E-state index is 13.0. The first-order chi connectivity index (χ1) is 22.2. The number of hydrogen-bond donors (Lipinski definition) is 3. The first-order valence-electron chi connectivity index (χ1n) is 16.7. The summed E-state index contributed by atoms with van der Waals surface area (Å²) in [4.78, 5) is 41.5. The van der Waals surface area contributed by atoms with Crippen molar-refractivity contribution >= 4 is 18.1 Å². The normalized spacial score (nSPS) is 24.4. The molecule has 2 fully saturated rings. The number of H-pyrrole nitrogens is 2. The van der Waals surface area contributed by atoms with Crippen LogP contribution in [0.25, 0.3) is 5.57 Å². The number of hydrogen-bond acceptors (Lipinski definition) is 7. The Kier molecular flexibility index (Phi) is 9.82. The molecule has 0 saturated carbocycles. The number of nitrogens with one attached hydrogen (secondary N) is 3. The van der Waals surface area contributed by atoms with Gasteiger partial charge in [-0.15, -0.1) is 0 Å². The van der Waals surface area contributed by atoms with Gasteiger partial charge < -0.3 is 24.8 Å². The van der Waals surface area contributed by atoms with Gasteiger partial charge in [0.1, 0.15) is 22.9 Å². The highest BCUT2D eigenvalue weighted by atomic mass is 16.6. The number of carbonyl (C=O) groups excluding carboxylic acids is 2. The number of carbonyl (C=O) groups is 2. The lowest BCUT2D eigenvalue weighted by molar-refractivity contribution is -0.138. The van der Waals surface area contributed by atoms with Crippen LogP contribution in [0.5, 0.6) is 0 Å². The second kappa shape index (κ2) is 13.5. The fraction of sp³-hybridized carbons (Fsp3) is 0.514. The summed E-state index contributed by atoms with van der Waals surface area (Å²) in [7, 11) is 0. The van der Waals surface area contributed by atoms with E-state index in [2.05, 4.69) is 69.4 Å². The molecule has 252 valence electrons. The van der Waals surface area contributed by atoms with Crippen LogP contribution in [0.1, 0.15) is 115 Å². The van der Waals surface area contributed by atoms with Crippen molar-refractivity contribution in [1.29, 1.82) is 0 Å². The van der Waals surface area contributed by atoms with Gasteiger partial charge in [0, 0.05) is 18.9 Å². The van der Waals surface area contributed by atoms with Crippen molar-refractivity contribution in [2.24, 2.45) is 0 Å². The number of aromatic amines is 2. The molecule has 2 saturated heterocycles. The Morgan fingerprint density at radius 1 is 1.00 bits per heavy atom. The zero-order valence-corrected chi connectivity index (χ0v) is 28.9. The van der Waals surface area contributed by atoms with Gasteiger partial charge in [-0.3, -0.25) is 9.69 Å². The van der Waals surface area contributed by atoms with Crippen molar-refractivity contribution in [3.63, 3.8) is 0 Å². The number of allylic oxidation sites excluding steroid dienone is 4. The zero-order valence-electron chi connectivity index (χ0n) is 28.9. The summed E-state index contributed by atoms with van der Waals surface area (Å²) >= 11 is 0. The molecule has 3 aliphatic rings. The molecule has 1 aliphatic carbocycles. The van der Waals surface area contributed by atoms with Gasteiger partial charge >= 0.3 is 6.09 Å². The molecule has 1 aromatic carbocycles. The van der Waals surface area contributed by atoms with E-state index in [1.165, 1.54) is 11.1 Å². The van der Waals surface area contributed by atoms with E-state index in [9.17, 15) is 9.59 Å². The minimum Gasteiger partial charge on any atom is -0.462 e. The second-order valence-corrected chi connectivity index (χ2v) is 14.9. The first kappa shape index (κ1) is 34.2. The van der Waals surface area contributed by atoms with Crippen LogP contribution >= 0.6 is 0 Å². The average molecular weight is 643 g/mol. The number of ether oxygens (including phenoxy) is 2. The van der Waals surface area contributed by atoms with Crippen molar-refractivity contribution in [2.75, 3.05) is 13.1 Å². The summed E-state index contributed by atoms with van der Waals surface area (Å²) in [6.07, 6.45) is 15.1. The van der Waals surface area contributed by atoms with Gasteiger partial charge in [0.2, 0.25) is 0 Å². The summed E-state index contributed by atoms with van der Waals surface area (Å²) in [6, 6.07) is 10.3. The number of rotatable bonds is 6. The Hall–Kier alpha value is -4.18. The Bertz CT molecular complexity index is 1590. The van der Waals surface area contributed by atoms with Gasteiger partial charge in [-0.1, -0.05) is 48.6 Å². The van der Waals surface area contributed by atoms with Crippen molar-refractivity contribution in [3.05, 3.63) is 89.6 Å². The summed E-state index contributed by atoms with van der Waals surface area (Å²) < 4.78 is 10.3.